The van der Waals surface area contributed by atoms with Gasteiger partial charge in [0.1, 0.15) is 0 Å². The van der Waals surface area contributed by atoms with Gasteiger partial charge in [-0.3, -0.25) is 19.4 Å². The van der Waals surface area contributed by atoms with Crippen LogP contribution in [-0.2, 0) is 9.59 Å². The molecular weight excluding hydrogens is 254 g/mol. The molecule has 2 atom stereocenters. The molecule has 5 nitrogen and oxygen atoms in total. The lowest BCUT2D eigenvalue weighted by molar-refractivity contribution is -0.138. The second-order valence-corrected chi connectivity index (χ2v) is 5.99. The Morgan fingerprint density at radius 2 is 1.95 bits per heavy atom. The van der Waals surface area contributed by atoms with Crippen molar-refractivity contribution in [2.45, 2.75) is 58.0 Å². The van der Waals surface area contributed by atoms with E-state index in [0.29, 0.717) is 19.0 Å². The van der Waals surface area contributed by atoms with Gasteiger partial charge in [0.15, 0.2) is 0 Å². The minimum absolute atomic E-state index is 0.0278. The highest BCUT2D eigenvalue weighted by molar-refractivity contribution is 6.05. The number of carbonyl (C=O) groups excluding carboxylic acids is 2. The van der Waals surface area contributed by atoms with Crippen LogP contribution >= 0.6 is 0 Å². The molecule has 2 unspecified atom stereocenters. The number of piperidine rings is 1. The Labute approximate surface area is 121 Å². The molecule has 0 aliphatic carbocycles. The van der Waals surface area contributed by atoms with E-state index < -0.39 is 0 Å². The summed E-state index contributed by atoms with van der Waals surface area (Å²) in [5.41, 5.74) is 0. The Kier molecular flexibility index (Phi) is 5.54. The molecule has 2 aliphatic rings. The van der Waals surface area contributed by atoms with Crippen LogP contribution in [0.1, 0.15) is 46.0 Å². The van der Waals surface area contributed by atoms with Crippen molar-refractivity contribution in [1.82, 2.24) is 15.1 Å². The second-order valence-electron chi connectivity index (χ2n) is 5.99. The van der Waals surface area contributed by atoms with E-state index in [1.165, 1.54) is 24.2 Å². The first-order valence-electron chi connectivity index (χ1n) is 7.95. The highest BCUT2D eigenvalue weighted by Gasteiger charge is 2.37. The monoisotopic (exact) mass is 281 g/mol. The molecule has 0 spiro atoms. The highest BCUT2D eigenvalue weighted by Crippen LogP contribution is 2.15. The molecule has 0 aromatic rings. The molecule has 2 saturated heterocycles. The lowest BCUT2D eigenvalue weighted by Crippen LogP contribution is -2.47. The summed E-state index contributed by atoms with van der Waals surface area (Å²) in [7, 11) is 0. The van der Waals surface area contributed by atoms with Crippen LogP contribution in [0.2, 0.25) is 0 Å². The maximum Gasteiger partial charge on any atom is 0.246 e. The zero-order valence-corrected chi connectivity index (χ0v) is 12.7. The van der Waals surface area contributed by atoms with Gasteiger partial charge in [-0.15, -0.1) is 0 Å². The minimum Gasteiger partial charge on any atom is -0.304 e. The number of amides is 2. The van der Waals surface area contributed by atoms with Gasteiger partial charge in [0, 0.05) is 19.1 Å². The molecule has 0 aromatic heterocycles. The van der Waals surface area contributed by atoms with Crippen LogP contribution in [0.15, 0.2) is 0 Å². The van der Waals surface area contributed by atoms with Crippen LogP contribution in [0, 0.1) is 0 Å². The molecule has 5 heteroatoms. The first-order valence-corrected chi connectivity index (χ1v) is 7.95. The van der Waals surface area contributed by atoms with Crippen molar-refractivity contribution in [2.24, 2.45) is 0 Å². The fraction of sp³-hybridized carbons (Fsp3) is 0.867. The molecule has 0 saturated carbocycles. The van der Waals surface area contributed by atoms with E-state index in [0.717, 1.165) is 26.1 Å². The second kappa shape index (κ2) is 7.18. The van der Waals surface area contributed by atoms with Crippen LogP contribution in [0.3, 0.4) is 0 Å². The number of imide groups is 1. The zero-order valence-electron chi connectivity index (χ0n) is 12.7. The van der Waals surface area contributed by atoms with Crippen LogP contribution < -0.4 is 5.32 Å². The molecule has 0 aromatic carbocycles. The first kappa shape index (κ1) is 15.4. The zero-order chi connectivity index (χ0) is 14.5. The summed E-state index contributed by atoms with van der Waals surface area (Å²) in [5.74, 6) is -0.0670. The predicted octanol–water partition coefficient (Wildman–Crippen LogP) is 0.988. The maximum atomic E-state index is 12.1. The lowest BCUT2D eigenvalue weighted by Gasteiger charge is -2.32. The Balaban J connectivity index is 1.79. The molecule has 0 radical (unpaired) electrons. The molecule has 2 rings (SSSR count). The number of rotatable bonds is 6. The van der Waals surface area contributed by atoms with Crippen LogP contribution in [0.25, 0.3) is 0 Å². The predicted molar refractivity (Wildman–Crippen MR) is 78.3 cm³/mol. The van der Waals surface area contributed by atoms with E-state index >= 15 is 0 Å². The summed E-state index contributed by atoms with van der Waals surface area (Å²) >= 11 is 0. The van der Waals surface area contributed by atoms with Crippen LogP contribution in [0.5, 0.6) is 0 Å². The number of hydrogen-bond acceptors (Lipinski definition) is 4. The number of likely N-dealkylation sites (tertiary alicyclic amines) is 2. The van der Waals surface area contributed by atoms with E-state index in [9.17, 15) is 9.59 Å². The molecule has 1 N–H and O–H groups in total. The Hall–Kier alpha value is -0.940. The highest BCUT2D eigenvalue weighted by atomic mass is 16.2. The lowest BCUT2D eigenvalue weighted by atomic mass is 10.1. The fourth-order valence-electron chi connectivity index (χ4n) is 3.10. The van der Waals surface area contributed by atoms with E-state index in [-0.39, 0.29) is 17.9 Å². The van der Waals surface area contributed by atoms with Crippen molar-refractivity contribution in [3.63, 3.8) is 0 Å². The van der Waals surface area contributed by atoms with E-state index in [1.807, 2.05) is 6.92 Å². The van der Waals surface area contributed by atoms with Gasteiger partial charge in [-0.05, 0) is 39.3 Å². The maximum absolute atomic E-state index is 12.1. The van der Waals surface area contributed by atoms with Crippen molar-refractivity contribution in [2.75, 3.05) is 26.2 Å². The SMILES string of the molecule is CCCN1C(=O)CC(NCC(C)N2CCCCC2)C1=O. The molecule has 114 valence electrons. The van der Waals surface area contributed by atoms with Crippen molar-refractivity contribution >= 4 is 11.8 Å². The third-order valence-corrected chi connectivity index (χ3v) is 4.36. The van der Waals surface area contributed by atoms with Gasteiger partial charge >= 0.3 is 0 Å². The van der Waals surface area contributed by atoms with Crippen molar-refractivity contribution in [1.29, 1.82) is 0 Å². The van der Waals surface area contributed by atoms with Crippen molar-refractivity contribution in [3.05, 3.63) is 0 Å². The summed E-state index contributed by atoms with van der Waals surface area (Å²) in [4.78, 5) is 27.8. The number of hydrogen-bond donors (Lipinski definition) is 1. The molecule has 2 heterocycles. The first-order chi connectivity index (χ1) is 9.63. The Morgan fingerprint density at radius 1 is 1.25 bits per heavy atom. The van der Waals surface area contributed by atoms with Crippen LogP contribution in [0.4, 0.5) is 0 Å². The van der Waals surface area contributed by atoms with Crippen molar-refractivity contribution in [3.8, 4) is 0 Å². The van der Waals surface area contributed by atoms with E-state index in [1.54, 1.807) is 0 Å². The number of nitrogens with zero attached hydrogens (tertiary/aromatic N) is 2. The van der Waals surface area contributed by atoms with Gasteiger partial charge in [0.05, 0.1) is 12.5 Å². The van der Waals surface area contributed by atoms with Gasteiger partial charge in [0.2, 0.25) is 11.8 Å². The summed E-state index contributed by atoms with van der Waals surface area (Å²) < 4.78 is 0. The smallest absolute Gasteiger partial charge is 0.246 e. The molecule has 2 aliphatic heterocycles. The quantitative estimate of drug-likeness (QED) is 0.738. The molecule has 0 bridgehead atoms. The molecule has 20 heavy (non-hydrogen) atoms. The van der Waals surface area contributed by atoms with E-state index in [2.05, 4.69) is 17.1 Å². The van der Waals surface area contributed by atoms with Crippen LogP contribution in [-0.4, -0.2) is 59.9 Å². The van der Waals surface area contributed by atoms with Crippen molar-refractivity contribution < 1.29 is 9.59 Å². The largest absolute Gasteiger partial charge is 0.304 e. The average Bonchev–Trinajstić information content (AvgIpc) is 2.73. The molecular formula is C15H27N3O2. The number of nitrogens with one attached hydrogen (secondary N) is 1. The summed E-state index contributed by atoms with van der Waals surface area (Å²) in [6, 6.07) is 0.125. The fourth-order valence-corrected chi connectivity index (χ4v) is 3.10. The summed E-state index contributed by atoms with van der Waals surface area (Å²) in [5, 5.41) is 3.29. The normalized spacial score (nSPS) is 26.3. The van der Waals surface area contributed by atoms with Gasteiger partial charge < -0.3 is 5.32 Å². The molecule has 2 amide bonds. The summed E-state index contributed by atoms with van der Waals surface area (Å²) in [6.07, 6.45) is 5.03. The van der Waals surface area contributed by atoms with Gasteiger partial charge in [-0.1, -0.05) is 13.3 Å². The van der Waals surface area contributed by atoms with Gasteiger partial charge in [-0.25, -0.2) is 0 Å². The topological polar surface area (TPSA) is 52.7 Å². The van der Waals surface area contributed by atoms with E-state index in [4.69, 9.17) is 0 Å². The minimum atomic E-state index is -0.304. The number of carbonyl (C=O) groups is 2. The molecule has 2 fully saturated rings. The Morgan fingerprint density at radius 3 is 2.60 bits per heavy atom. The van der Waals surface area contributed by atoms with Gasteiger partial charge in [-0.2, -0.15) is 0 Å². The third kappa shape index (κ3) is 3.58. The summed E-state index contributed by atoms with van der Waals surface area (Å²) in [6.45, 7) is 7.83. The third-order valence-electron chi connectivity index (χ3n) is 4.36. The van der Waals surface area contributed by atoms with Gasteiger partial charge in [0.25, 0.3) is 0 Å². The Bertz CT molecular complexity index is 353. The average molecular weight is 281 g/mol. The standard InChI is InChI=1S/C15H27N3O2/c1-3-7-18-14(19)10-13(15(18)20)16-11-12(2)17-8-5-4-6-9-17/h12-13,16H,3-11H2,1-2H3.